The third-order valence-electron chi connectivity index (χ3n) is 4.72. The number of piperidine rings is 2. The summed E-state index contributed by atoms with van der Waals surface area (Å²) in [7, 11) is 1.96. The summed E-state index contributed by atoms with van der Waals surface area (Å²) >= 11 is 0. The van der Waals surface area contributed by atoms with Crippen molar-refractivity contribution in [2.24, 2.45) is 7.05 Å². The molecule has 0 radical (unpaired) electrons. The van der Waals surface area contributed by atoms with Crippen molar-refractivity contribution in [3.63, 3.8) is 0 Å². The summed E-state index contributed by atoms with van der Waals surface area (Å²) < 4.78 is 1.89. The van der Waals surface area contributed by atoms with Crippen LogP contribution in [0.3, 0.4) is 0 Å². The van der Waals surface area contributed by atoms with Crippen LogP contribution in [-0.4, -0.2) is 27.0 Å². The minimum absolute atomic E-state index is 0.474. The zero-order chi connectivity index (χ0) is 12.9. The van der Waals surface area contributed by atoms with Crippen molar-refractivity contribution in [3.8, 4) is 0 Å². The zero-order valence-corrected chi connectivity index (χ0v) is 11.5. The van der Waals surface area contributed by atoms with E-state index in [2.05, 4.69) is 17.3 Å². The molecule has 0 aromatic carbocycles. The van der Waals surface area contributed by atoms with Gasteiger partial charge >= 0.3 is 0 Å². The Bertz CT molecular complexity index is 454. The van der Waals surface area contributed by atoms with E-state index in [1.807, 2.05) is 18.7 Å². The van der Waals surface area contributed by atoms with Crippen LogP contribution in [0.1, 0.15) is 49.1 Å². The summed E-state index contributed by atoms with van der Waals surface area (Å²) in [5.41, 5.74) is 2.49. The molecule has 2 unspecified atom stereocenters. The molecule has 2 fully saturated rings. The van der Waals surface area contributed by atoms with E-state index in [-0.39, 0.29) is 0 Å². The van der Waals surface area contributed by atoms with Crippen LogP contribution < -0.4 is 5.32 Å². The van der Waals surface area contributed by atoms with E-state index in [0.717, 1.165) is 29.8 Å². The van der Waals surface area contributed by atoms with E-state index < -0.39 is 5.60 Å². The standard InChI is InChI=1S/C14H23N3O/c1-9-13(10(2)17(3)16-9)14(18)7-11-5-4-6-12(8-14)15-11/h11-12,15,18H,4-8H2,1-3H3. The quantitative estimate of drug-likeness (QED) is 0.793. The highest BCUT2D eigenvalue weighted by Crippen LogP contribution is 2.41. The molecule has 3 heterocycles. The maximum Gasteiger partial charge on any atom is 0.0961 e. The van der Waals surface area contributed by atoms with Crippen molar-refractivity contribution in [2.45, 2.75) is 63.6 Å². The van der Waals surface area contributed by atoms with Crippen LogP contribution in [0.5, 0.6) is 0 Å². The molecule has 0 saturated carbocycles. The first-order valence-corrected chi connectivity index (χ1v) is 6.99. The third-order valence-corrected chi connectivity index (χ3v) is 4.72. The van der Waals surface area contributed by atoms with E-state index in [1.54, 1.807) is 0 Å². The van der Waals surface area contributed by atoms with Crippen LogP contribution in [0.2, 0.25) is 0 Å². The van der Waals surface area contributed by atoms with Crippen molar-refractivity contribution in [2.75, 3.05) is 0 Å². The number of aromatic nitrogens is 2. The smallest absolute Gasteiger partial charge is 0.0961 e. The maximum absolute atomic E-state index is 11.1. The van der Waals surface area contributed by atoms with Crippen molar-refractivity contribution in [1.29, 1.82) is 0 Å². The monoisotopic (exact) mass is 249 g/mol. The van der Waals surface area contributed by atoms with Gasteiger partial charge in [-0.2, -0.15) is 5.10 Å². The molecule has 2 aliphatic rings. The van der Waals surface area contributed by atoms with Crippen LogP contribution in [0.25, 0.3) is 0 Å². The fourth-order valence-corrected chi connectivity index (χ4v) is 3.98. The number of rotatable bonds is 1. The molecule has 3 rings (SSSR count). The van der Waals surface area contributed by atoms with Crippen LogP contribution in [0.4, 0.5) is 0 Å². The average molecular weight is 249 g/mol. The number of aliphatic hydroxyl groups is 1. The molecule has 1 aromatic heterocycles. The minimum atomic E-state index is -0.677. The van der Waals surface area contributed by atoms with Gasteiger partial charge in [-0.25, -0.2) is 0 Å². The summed E-state index contributed by atoms with van der Waals surface area (Å²) in [6.07, 6.45) is 5.34. The third kappa shape index (κ3) is 1.79. The van der Waals surface area contributed by atoms with Crippen molar-refractivity contribution in [1.82, 2.24) is 15.1 Å². The Hall–Kier alpha value is -0.870. The molecule has 4 heteroatoms. The highest BCUT2D eigenvalue weighted by atomic mass is 16.3. The van der Waals surface area contributed by atoms with Gasteiger partial charge in [0.2, 0.25) is 0 Å². The van der Waals surface area contributed by atoms with E-state index in [0.29, 0.717) is 12.1 Å². The largest absolute Gasteiger partial charge is 0.385 e. The zero-order valence-electron chi connectivity index (χ0n) is 11.5. The molecule has 2 N–H and O–H groups in total. The Balaban J connectivity index is 1.99. The average Bonchev–Trinajstić information content (AvgIpc) is 2.52. The lowest BCUT2D eigenvalue weighted by Crippen LogP contribution is -2.54. The molecule has 2 saturated heterocycles. The van der Waals surface area contributed by atoms with Gasteiger partial charge in [0.15, 0.2) is 0 Å². The molecule has 18 heavy (non-hydrogen) atoms. The van der Waals surface area contributed by atoms with Gasteiger partial charge in [0.1, 0.15) is 0 Å². The molecular weight excluding hydrogens is 226 g/mol. The number of fused-ring (bicyclic) bond motifs is 2. The Kier molecular flexibility index (Phi) is 2.75. The first kappa shape index (κ1) is 12.2. The van der Waals surface area contributed by atoms with E-state index in [9.17, 15) is 5.11 Å². The Labute approximate surface area is 108 Å². The SMILES string of the molecule is Cc1nn(C)c(C)c1C1(O)CC2CCCC(C1)N2. The predicted octanol–water partition coefficient (Wildman–Crippen LogP) is 1.53. The molecule has 0 spiro atoms. The van der Waals surface area contributed by atoms with Gasteiger partial charge in [0.05, 0.1) is 11.3 Å². The van der Waals surface area contributed by atoms with Crippen molar-refractivity contribution < 1.29 is 5.11 Å². The van der Waals surface area contributed by atoms with Gasteiger partial charge in [0.25, 0.3) is 0 Å². The number of hydrogen-bond donors (Lipinski definition) is 2. The van der Waals surface area contributed by atoms with Gasteiger partial charge in [-0.1, -0.05) is 6.42 Å². The predicted molar refractivity (Wildman–Crippen MR) is 70.4 cm³/mol. The highest BCUT2D eigenvalue weighted by Gasteiger charge is 2.44. The van der Waals surface area contributed by atoms with Gasteiger partial charge in [-0.3, -0.25) is 4.68 Å². The normalized spacial score (nSPS) is 35.8. The lowest BCUT2D eigenvalue weighted by atomic mass is 9.73. The molecule has 2 bridgehead atoms. The Morgan fingerprint density at radius 1 is 1.28 bits per heavy atom. The lowest BCUT2D eigenvalue weighted by molar-refractivity contribution is -0.0368. The van der Waals surface area contributed by atoms with Crippen molar-refractivity contribution in [3.05, 3.63) is 17.0 Å². The molecule has 1 aromatic rings. The van der Waals surface area contributed by atoms with Crippen LogP contribution in [-0.2, 0) is 12.6 Å². The summed E-state index contributed by atoms with van der Waals surface area (Å²) in [4.78, 5) is 0. The number of aryl methyl sites for hydroxylation is 2. The topological polar surface area (TPSA) is 50.1 Å². The van der Waals surface area contributed by atoms with E-state index >= 15 is 0 Å². The minimum Gasteiger partial charge on any atom is -0.385 e. The van der Waals surface area contributed by atoms with E-state index in [1.165, 1.54) is 19.3 Å². The van der Waals surface area contributed by atoms with Gasteiger partial charge in [-0.05, 0) is 39.5 Å². The fourth-order valence-electron chi connectivity index (χ4n) is 3.98. The summed E-state index contributed by atoms with van der Waals surface area (Å²) in [5.74, 6) is 0. The van der Waals surface area contributed by atoms with Crippen LogP contribution in [0, 0.1) is 13.8 Å². The summed E-state index contributed by atoms with van der Waals surface area (Å²) in [5, 5.41) is 19.2. The molecule has 100 valence electrons. The fraction of sp³-hybridized carbons (Fsp3) is 0.786. The number of nitrogens with one attached hydrogen (secondary N) is 1. The molecule has 0 aliphatic carbocycles. The molecule has 4 nitrogen and oxygen atoms in total. The van der Waals surface area contributed by atoms with Crippen LogP contribution in [0.15, 0.2) is 0 Å². The number of hydrogen-bond acceptors (Lipinski definition) is 3. The molecule has 2 atom stereocenters. The highest BCUT2D eigenvalue weighted by molar-refractivity contribution is 5.32. The molecular formula is C14H23N3O. The molecule has 0 amide bonds. The second kappa shape index (κ2) is 4.07. The summed E-state index contributed by atoms with van der Waals surface area (Å²) in [6.45, 7) is 4.07. The number of nitrogens with zero attached hydrogens (tertiary/aromatic N) is 2. The molecule has 2 aliphatic heterocycles. The van der Waals surface area contributed by atoms with E-state index in [4.69, 9.17) is 0 Å². The maximum atomic E-state index is 11.1. The Morgan fingerprint density at radius 2 is 1.89 bits per heavy atom. The first-order chi connectivity index (χ1) is 8.49. The van der Waals surface area contributed by atoms with Gasteiger partial charge in [0, 0.05) is 30.4 Å². The second-order valence-electron chi connectivity index (χ2n) is 6.10. The van der Waals surface area contributed by atoms with Gasteiger partial charge < -0.3 is 10.4 Å². The second-order valence-corrected chi connectivity index (χ2v) is 6.10. The van der Waals surface area contributed by atoms with Crippen molar-refractivity contribution >= 4 is 0 Å². The Morgan fingerprint density at radius 3 is 2.39 bits per heavy atom. The van der Waals surface area contributed by atoms with Crippen LogP contribution >= 0.6 is 0 Å². The summed E-state index contributed by atoms with van der Waals surface area (Å²) in [6, 6.07) is 0.947. The first-order valence-electron chi connectivity index (χ1n) is 6.99. The lowest BCUT2D eigenvalue weighted by Gasteiger charge is -2.45. The van der Waals surface area contributed by atoms with Gasteiger partial charge in [-0.15, -0.1) is 0 Å².